The zero-order valence-electron chi connectivity index (χ0n) is 16.2. The number of fused-ring (bicyclic) bond motifs is 10. The molecule has 0 amide bonds. The van der Waals surface area contributed by atoms with Gasteiger partial charge in [-0.15, -0.1) is 0 Å². The van der Waals surface area contributed by atoms with Gasteiger partial charge in [0.25, 0.3) is 0 Å². The predicted octanol–water partition coefficient (Wildman–Crippen LogP) is 4.15. The quantitative estimate of drug-likeness (QED) is 0.379. The second kappa shape index (κ2) is 5.56. The Balaban J connectivity index is 1.83. The van der Waals surface area contributed by atoms with Crippen molar-refractivity contribution in [2.24, 2.45) is 0 Å². The molecular weight excluding hydrogens is 352 g/mol. The van der Waals surface area contributed by atoms with Gasteiger partial charge in [0.05, 0.1) is 0 Å². The van der Waals surface area contributed by atoms with Crippen molar-refractivity contribution in [1.82, 2.24) is 0 Å². The first-order chi connectivity index (χ1) is 13.7. The van der Waals surface area contributed by atoms with E-state index in [4.69, 9.17) is 0 Å². The third-order valence-electron chi connectivity index (χ3n) is 6.69. The van der Waals surface area contributed by atoms with Crippen LogP contribution in [0.25, 0.3) is 22.3 Å². The molecule has 6 rings (SSSR count). The van der Waals surface area contributed by atoms with Crippen molar-refractivity contribution in [2.45, 2.75) is 19.8 Å². The fraction of sp³-hybridized carbons (Fsp3) is 0.111. The fourth-order valence-corrected chi connectivity index (χ4v) is 11.1. The summed E-state index contributed by atoms with van der Waals surface area (Å²) in [5.41, 5.74) is 7.19. The van der Waals surface area contributed by atoms with Gasteiger partial charge in [0.2, 0.25) is 0 Å². The lowest BCUT2D eigenvalue weighted by atomic mass is 9.99. The summed E-state index contributed by atoms with van der Waals surface area (Å²) in [6.07, 6.45) is 0. The Morgan fingerprint density at radius 2 is 0.929 bits per heavy atom. The Morgan fingerprint density at radius 3 is 1.39 bits per heavy atom. The Labute approximate surface area is 167 Å². The van der Waals surface area contributed by atoms with Crippen LogP contribution in [0.4, 0.5) is 0 Å². The van der Waals surface area contributed by atoms with Crippen molar-refractivity contribution < 1.29 is 0 Å². The highest BCUT2D eigenvalue weighted by Crippen LogP contribution is 2.36. The minimum absolute atomic E-state index is 0.534. The van der Waals surface area contributed by atoms with Gasteiger partial charge in [0.1, 0.15) is 0 Å². The molecule has 134 valence electrons. The van der Waals surface area contributed by atoms with Gasteiger partial charge in [0.15, 0.2) is 8.07 Å². The minimum Gasteiger partial charge on any atom is -0.0623 e. The molecule has 4 aromatic carbocycles. The Bertz CT molecular complexity index is 1190. The van der Waals surface area contributed by atoms with Gasteiger partial charge in [-0.3, -0.25) is 0 Å². The van der Waals surface area contributed by atoms with Crippen molar-refractivity contribution in [3.8, 4) is 22.3 Å². The monoisotopic (exact) mass is 374 g/mol. The first kappa shape index (κ1) is 16.1. The molecule has 2 aliphatic heterocycles. The summed E-state index contributed by atoms with van der Waals surface area (Å²) in [5.74, 6) is 0.534. The van der Waals surface area contributed by atoms with E-state index < -0.39 is 8.07 Å². The standard InChI is InChI=1S/C27H22Si/c1-18(2)19-15-16-23-22-11-5-8-14-26(22)28(27(23)17-19)24-12-6-3-9-20(24)21-10-4-7-13-25(21)28/h3-18H,1-2H3. The Kier molecular flexibility index (Phi) is 3.19. The average molecular weight is 375 g/mol. The van der Waals surface area contributed by atoms with E-state index in [2.05, 4.69) is 105 Å². The predicted molar refractivity (Wildman–Crippen MR) is 122 cm³/mol. The van der Waals surface area contributed by atoms with Crippen molar-refractivity contribution in [1.29, 1.82) is 0 Å². The minimum atomic E-state index is -2.23. The maximum absolute atomic E-state index is 2.53. The SMILES string of the molecule is CC(C)c1ccc2c(c1)[Si]1(c3ccccc3-c3ccccc31)c1ccccc1-2. The van der Waals surface area contributed by atoms with Crippen molar-refractivity contribution in [3.63, 3.8) is 0 Å². The van der Waals surface area contributed by atoms with Crippen LogP contribution in [0.5, 0.6) is 0 Å². The molecule has 0 aromatic heterocycles. The lowest BCUT2D eigenvalue weighted by Gasteiger charge is -2.28. The highest BCUT2D eigenvalue weighted by atomic mass is 28.3. The average Bonchev–Trinajstić information content (AvgIpc) is 3.21. The van der Waals surface area contributed by atoms with Crippen LogP contribution in [0.3, 0.4) is 0 Å². The summed E-state index contributed by atoms with van der Waals surface area (Å²) in [6, 6.07) is 34.7. The third-order valence-corrected chi connectivity index (χ3v) is 11.6. The summed E-state index contributed by atoms with van der Waals surface area (Å²) in [4.78, 5) is 0. The second-order valence-corrected chi connectivity index (χ2v) is 12.0. The van der Waals surface area contributed by atoms with Crippen LogP contribution in [0.1, 0.15) is 25.3 Å². The largest absolute Gasteiger partial charge is 0.182 e. The number of benzene rings is 4. The van der Waals surface area contributed by atoms with Gasteiger partial charge in [-0.2, -0.15) is 0 Å². The summed E-state index contributed by atoms with van der Waals surface area (Å²) in [5, 5.41) is 6.26. The molecule has 0 atom stereocenters. The van der Waals surface area contributed by atoms with E-state index >= 15 is 0 Å². The van der Waals surface area contributed by atoms with Crippen molar-refractivity contribution >= 4 is 28.8 Å². The molecule has 0 radical (unpaired) electrons. The molecular formula is C27H22Si. The summed E-state index contributed by atoms with van der Waals surface area (Å²) in [7, 11) is -2.23. The summed E-state index contributed by atoms with van der Waals surface area (Å²) < 4.78 is 0. The third kappa shape index (κ3) is 1.80. The van der Waals surface area contributed by atoms with E-state index in [1.54, 1.807) is 20.7 Å². The molecule has 1 heteroatoms. The first-order valence-corrected chi connectivity index (χ1v) is 12.2. The highest BCUT2D eigenvalue weighted by Gasteiger charge is 2.53. The Hall–Kier alpha value is -2.90. The molecule has 0 fully saturated rings. The molecule has 0 saturated heterocycles. The normalized spacial score (nSPS) is 14.7. The van der Waals surface area contributed by atoms with E-state index in [0.717, 1.165) is 0 Å². The highest BCUT2D eigenvalue weighted by molar-refractivity contribution is 7.24. The van der Waals surface area contributed by atoms with E-state index in [1.165, 1.54) is 27.8 Å². The molecule has 4 aromatic rings. The number of rotatable bonds is 1. The van der Waals surface area contributed by atoms with Crippen LogP contribution in [-0.4, -0.2) is 8.07 Å². The maximum Gasteiger partial charge on any atom is 0.182 e. The molecule has 0 aliphatic carbocycles. The molecule has 0 N–H and O–H groups in total. The van der Waals surface area contributed by atoms with Gasteiger partial charge in [-0.25, -0.2) is 0 Å². The molecule has 1 spiro atoms. The van der Waals surface area contributed by atoms with Gasteiger partial charge in [-0.1, -0.05) is 105 Å². The topological polar surface area (TPSA) is 0 Å². The summed E-state index contributed by atoms with van der Waals surface area (Å²) in [6.45, 7) is 4.60. The smallest absolute Gasteiger partial charge is 0.0623 e. The first-order valence-electron chi connectivity index (χ1n) is 10.2. The zero-order chi connectivity index (χ0) is 18.9. The molecule has 28 heavy (non-hydrogen) atoms. The van der Waals surface area contributed by atoms with Crippen molar-refractivity contribution in [2.75, 3.05) is 0 Å². The summed E-state index contributed by atoms with van der Waals surface area (Å²) >= 11 is 0. The van der Waals surface area contributed by atoms with E-state index in [1.807, 2.05) is 0 Å². The van der Waals surface area contributed by atoms with Crippen LogP contribution in [-0.2, 0) is 0 Å². The van der Waals surface area contributed by atoms with Crippen LogP contribution in [0, 0.1) is 0 Å². The lowest BCUT2D eigenvalue weighted by Crippen LogP contribution is -2.70. The van der Waals surface area contributed by atoms with Gasteiger partial charge in [-0.05, 0) is 54.5 Å². The second-order valence-electron chi connectivity index (χ2n) is 8.35. The van der Waals surface area contributed by atoms with Crippen LogP contribution >= 0.6 is 0 Å². The maximum atomic E-state index is 2.53. The molecule has 0 saturated carbocycles. The van der Waals surface area contributed by atoms with Crippen molar-refractivity contribution in [3.05, 3.63) is 96.6 Å². The van der Waals surface area contributed by atoms with E-state index in [9.17, 15) is 0 Å². The molecule has 2 heterocycles. The molecule has 0 nitrogen and oxygen atoms in total. The van der Waals surface area contributed by atoms with Crippen LogP contribution in [0.15, 0.2) is 91.0 Å². The lowest BCUT2D eigenvalue weighted by molar-refractivity contribution is 0.868. The number of hydrogen-bond donors (Lipinski definition) is 0. The van der Waals surface area contributed by atoms with Gasteiger partial charge >= 0.3 is 0 Å². The molecule has 0 bridgehead atoms. The zero-order valence-corrected chi connectivity index (χ0v) is 17.2. The van der Waals surface area contributed by atoms with Crippen LogP contribution in [0.2, 0.25) is 0 Å². The van der Waals surface area contributed by atoms with Crippen LogP contribution < -0.4 is 20.7 Å². The van der Waals surface area contributed by atoms with E-state index in [0.29, 0.717) is 5.92 Å². The van der Waals surface area contributed by atoms with Gasteiger partial charge in [0, 0.05) is 0 Å². The molecule has 2 aliphatic rings. The molecule has 0 unspecified atom stereocenters. The number of hydrogen-bond acceptors (Lipinski definition) is 0. The Morgan fingerprint density at radius 1 is 0.500 bits per heavy atom. The fourth-order valence-electron chi connectivity index (χ4n) is 5.47. The van der Waals surface area contributed by atoms with Gasteiger partial charge < -0.3 is 0 Å². The van der Waals surface area contributed by atoms with E-state index in [-0.39, 0.29) is 0 Å².